The number of nitrogens with zero attached hydrogens (tertiary/aromatic N) is 3. The first kappa shape index (κ1) is 15.3. The molecule has 1 aliphatic heterocycles. The number of hydrogen-bond acceptors (Lipinski definition) is 5. The zero-order chi connectivity index (χ0) is 16.1. The summed E-state index contributed by atoms with van der Waals surface area (Å²) in [5.74, 6) is 1.16. The predicted molar refractivity (Wildman–Crippen MR) is 91.5 cm³/mol. The van der Waals surface area contributed by atoms with Crippen LogP contribution in [0.4, 0.5) is 17.3 Å². The molecule has 2 aromatic heterocycles. The SMILES string of the molecule is Nc1ccc(NC(=O)c2ccc(N3CCCCCC3)nc2)cn1. The summed E-state index contributed by atoms with van der Waals surface area (Å²) in [6, 6.07) is 7.10. The van der Waals surface area contributed by atoms with Gasteiger partial charge in [-0.3, -0.25) is 4.79 Å². The van der Waals surface area contributed by atoms with Crippen molar-refractivity contribution in [3.8, 4) is 0 Å². The summed E-state index contributed by atoms with van der Waals surface area (Å²) in [6.45, 7) is 2.07. The number of amides is 1. The maximum Gasteiger partial charge on any atom is 0.257 e. The minimum absolute atomic E-state index is 0.202. The highest BCUT2D eigenvalue weighted by atomic mass is 16.1. The van der Waals surface area contributed by atoms with Crippen LogP contribution in [0.25, 0.3) is 0 Å². The Morgan fingerprint density at radius 2 is 1.78 bits per heavy atom. The number of pyridine rings is 2. The highest BCUT2D eigenvalue weighted by Gasteiger charge is 2.12. The molecule has 23 heavy (non-hydrogen) atoms. The quantitative estimate of drug-likeness (QED) is 0.910. The Balaban J connectivity index is 1.66. The molecule has 6 heteroatoms. The van der Waals surface area contributed by atoms with E-state index in [-0.39, 0.29) is 5.91 Å². The van der Waals surface area contributed by atoms with Crippen molar-refractivity contribution in [2.75, 3.05) is 29.0 Å². The fourth-order valence-electron chi connectivity index (χ4n) is 2.69. The molecular weight excluding hydrogens is 290 g/mol. The lowest BCUT2D eigenvalue weighted by atomic mass is 10.2. The van der Waals surface area contributed by atoms with Gasteiger partial charge >= 0.3 is 0 Å². The molecule has 3 heterocycles. The summed E-state index contributed by atoms with van der Waals surface area (Å²) in [7, 11) is 0. The van der Waals surface area contributed by atoms with E-state index in [0.29, 0.717) is 17.1 Å². The van der Waals surface area contributed by atoms with E-state index in [1.807, 2.05) is 12.1 Å². The first-order valence-electron chi connectivity index (χ1n) is 7.96. The van der Waals surface area contributed by atoms with Crippen molar-refractivity contribution in [2.24, 2.45) is 0 Å². The number of hydrogen-bond donors (Lipinski definition) is 2. The van der Waals surface area contributed by atoms with Crippen LogP contribution in [0.15, 0.2) is 36.7 Å². The van der Waals surface area contributed by atoms with E-state index in [1.54, 1.807) is 18.3 Å². The zero-order valence-corrected chi connectivity index (χ0v) is 13.0. The number of nitrogen functional groups attached to an aromatic ring is 1. The average Bonchev–Trinajstić information content (AvgIpc) is 2.86. The lowest BCUT2D eigenvalue weighted by molar-refractivity contribution is 0.102. The third-order valence-electron chi connectivity index (χ3n) is 3.98. The standard InChI is InChI=1S/C17H21N5O/c18-15-7-6-14(12-19-15)21-17(23)13-5-8-16(20-11-13)22-9-3-1-2-4-10-22/h5-8,11-12H,1-4,9-10H2,(H2,18,19)(H,21,23). The van der Waals surface area contributed by atoms with Crippen LogP contribution in [0.1, 0.15) is 36.0 Å². The molecule has 0 spiro atoms. The Morgan fingerprint density at radius 1 is 1.00 bits per heavy atom. The van der Waals surface area contributed by atoms with Gasteiger partial charge in [-0.25, -0.2) is 9.97 Å². The van der Waals surface area contributed by atoms with Crippen LogP contribution >= 0.6 is 0 Å². The first-order chi connectivity index (χ1) is 11.2. The van der Waals surface area contributed by atoms with Crippen LogP contribution in [0.5, 0.6) is 0 Å². The monoisotopic (exact) mass is 311 g/mol. The summed E-state index contributed by atoms with van der Waals surface area (Å²) < 4.78 is 0. The summed E-state index contributed by atoms with van der Waals surface area (Å²) in [4.78, 5) is 22.9. The molecular formula is C17H21N5O. The van der Waals surface area contributed by atoms with Gasteiger partial charge in [0.25, 0.3) is 5.91 Å². The molecule has 3 rings (SSSR count). The normalized spacial score (nSPS) is 15.0. The number of rotatable bonds is 3. The second-order valence-corrected chi connectivity index (χ2v) is 5.73. The van der Waals surface area contributed by atoms with Crippen molar-refractivity contribution in [1.29, 1.82) is 0 Å². The molecule has 0 aliphatic carbocycles. The maximum atomic E-state index is 12.2. The lowest BCUT2D eigenvalue weighted by Crippen LogP contribution is -2.25. The largest absolute Gasteiger partial charge is 0.384 e. The number of nitrogens with one attached hydrogen (secondary N) is 1. The highest BCUT2D eigenvalue weighted by molar-refractivity contribution is 6.04. The summed E-state index contributed by atoms with van der Waals surface area (Å²) in [5, 5.41) is 2.78. The third kappa shape index (κ3) is 3.97. The van der Waals surface area contributed by atoms with E-state index < -0.39 is 0 Å². The smallest absolute Gasteiger partial charge is 0.257 e. The molecule has 6 nitrogen and oxygen atoms in total. The topological polar surface area (TPSA) is 84.1 Å². The van der Waals surface area contributed by atoms with E-state index in [4.69, 9.17) is 5.73 Å². The van der Waals surface area contributed by atoms with Crippen molar-refractivity contribution >= 4 is 23.2 Å². The molecule has 1 amide bonds. The number of aromatic nitrogens is 2. The molecule has 1 aliphatic rings. The van der Waals surface area contributed by atoms with Gasteiger partial charge in [0.15, 0.2) is 0 Å². The van der Waals surface area contributed by atoms with Gasteiger partial charge in [-0.1, -0.05) is 12.8 Å². The molecule has 3 N–H and O–H groups in total. The van der Waals surface area contributed by atoms with Crippen molar-refractivity contribution in [3.63, 3.8) is 0 Å². The molecule has 0 saturated carbocycles. The van der Waals surface area contributed by atoms with Crippen molar-refractivity contribution in [2.45, 2.75) is 25.7 Å². The van der Waals surface area contributed by atoms with Crippen LogP contribution in [0.3, 0.4) is 0 Å². The molecule has 0 aromatic carbocycles. The fourth-order valence-corrected chi connectivity index (χ4v) is 2.69. The van der Waals surface area contributed by atoms with Crippen LogP contribution in [-0.4, -0.2) is 29.0 Å². The van der Waals surface area contributed by atoms with Gasteiger partial charge in [0.05, 0.1) is 17.4 Å². The van der Waals surface area contributed by atoms with Crippen LogP contribution < -0.4 is 16.0 Å². The van der Waals surface area contributed by atoms with E-state index in [9.17, 15) is 4.79 Å². The molecule has 0 atom stereocenters. The second-order valence-electron chi connectivity index (χ2n) is 5.73. The molecule has 1 saturated heterocycles. The molecule has 0 radical (unpaired) electrons. The van der Waals surface area contributed by atoms with Gasteiger partial charge in [0.1, 0.15) is 11.6 Å². The number of carbonyl (C=O) groups is 1. The van der Waals surface area contributed by atoms with Gasteiger partial charge in [0.2, 0.25) is 0 Å². The Kier molecular flexibility index (Phi) is 4.71. The van der Waals surface area contributed by atoms with E-state index >= 15 is 0 Å². The molecule has 120 valence electrons. The van der Waals surface area contributed by atoms with E-state index in [0.717, 1.165) is 18.9 Å². The fraction of sp³-hybridized carbons (Fsp3) is 0.353. The van der Waals surface area contributed by atoms with Crippen molar-refractivity contribution in [1.82, 2.24) is 9.97 Å². The first-order valence-corrected chi connectivity index (χ1v) is 7.96. The Labute approximate surface area is 135 Å². The van der Waals surface area contributed by atoms with E-state index in [1.165, 1.54) is 31.9 Å². The van der Waals surface area contributed by atoms with Gasteiger partial charge < -0.3 is 16.0 Å². The average molecular weight is 311 g/mol. The summed E-state index contributed by atoms with van der Waals surface area (Å²) in [5.41, 5.74) is 6.67. The van der Waals surface area contributed by atoms with Crippen molar-refractivity contribution in [3.05, 3.63) is 42.2 Å². The Hall–Kier alpha value is -2.63. The minimum atomic E-state index is -0.202. The van der Waals surface area contributed by atoms with Gasteiger partial charge in [-0.15, -0.1) is 0 Å². The summed E-state index contributed by atoms with van der Waals surface area (Å²) in [6.07, 6.45) is 8.13. The second kappa shape index (κ2) is 7.09. The van der Waals surface area contributed by atoms with Crippen LogP contribution in [-0.2, 0) is 0 Å². The van der Waals surface area contributed by atoms with Gasteiger partial charge in [-0.05, 0) is 37.1 Å². The lowest BCUT2D eigenvalue weighted by Gasteiger charge is -2.21. The number of nitrogens with two attached hydrogens (primary N) is 1. The minimum Gasteiger partial charge on any atom is -0.384 e. The summed E-state index contributed by atoms with van der Waals surface area (Å²) >= 11 is 0. The molecule has 1 fully saturated rings. The van der Waals surface area contributed by atoms with Gasteiger partial charge in [0, 0.05) is 19.3 Å². The van der Waals surface area contributed by atoms with Crippen LogP contribution in [0, 0.1) is 0 Å². The zero-order valence-electron chi connectivity index (χ0n) is 13.0. The molecule has 0 bridgehead atoms. The third-order valence-corrected chi connectivity index (χ3v) is 3.98. The molecule has 0 unspecified atom stereocenters. The number of anilines is 3. The van der Waals surface area contributed by atoms with Crippen LogP contribution in [0.2, 0.25) is 0 Å². The van der Waals surface area contributed by atoms with Gasteiger partial charge in [-0.2, -0.15) is 0 Å². The Morgan fingerprint density at radius 3 is 2.39 bits per heavy atom. The Bertz CT molecular complexity index is 646. The van der Waals surface area contributed by atoms with Crippen molar-refractivity contribution < 1.29 is 4.79 Å². The predicted octanol–water partition coefficient (Wildman–Crippen LogP) is 2.69. The van der Waals surface area contributed by atoms with E-state index in [2.05, 4.69) is 20.2 Å². The maximum absolute atomic E-state index is 12.2. The highest BCUT2D eigenvalue weighted by Crippen LogP contribution is 2.18. The number of carbonyl (C=O) groups excluding carboxylic acids is 1. The molecule has 2 aromatic rings.